The molecule has 7 heteroatoms. The van der Waals surface area contributed by atoms with Crippen molar-refractivity contribution < 1.29 is 4.79 Å². The Morgan fingerprint density at radius 3 is 2.61 bits per heavy atom. The average molecular weight is 409 g/mol. The lowest BCUT2D eigenvalue weighted by Crippen LogP contribution is -2.37. The summed E-state index contributed by atoms with van der Waals surface area (Å²) in [6.07, 6.45) is 0. The second kappa shape index (κ2) is 8.50. The predicted molar refractivity (Wildman–Crippen MR) is 117 cm³/mol. The maximum atomic E-state index is 12.5. The smallest absolute Gasteiger partial charge is 0.239 e. The SMILES string of the molecule is CCN(CC(=O)NCc1cccs1)c1nc(-c2cccs2)nc2ccccc12. The van der Waals surface area contributed by atoms with Crippen LogP contribution in [0.15, 0.2) is 59.3 Å². The van der Waals surface area contributed by atoms with Crippen molar-refractivity contribution in [3.05, 3.63) is 64.2 Å². The van der Waals surface area contributed by atoms with Gasteiger partial charge in [0.2, 0.25) is 5.91 Å². The van der Waals surface area contributed by atoms with E-state index in [9.17, 15) is 4.79 Å². The van der Waals surface area contributed by atoms with E-state index in [0.29, 0.717) is 18.9 Å². The summed E-state index contributed by atoms with van der Waals surface area (Å²) in [6, 6.07) is 16.0. The van der Waals surface area contributed by atoms with Gasteiger partial charge >= 0.3 is 0 Å². The molecule has 0 spiro atoms. The molecule has 5 nitrogen and oxygen atoms in total. The molecule has 142 valence electrons. The Morgan fingerprint density at radius 2 is 1.86 bits per heavy atom. The molecule has 0 aliphatic rings. The second-order valence-corrected chi connectivity index (χ2v) is 8.22. The number of amides is 1. The Bertz CT molecular complexity index is 1060. The zero-order valence-corrected chi connectivity index (χ0v) is 17.1. The lowest BCUT2D eigenvalue weighted by molar-refractivity contribution is -0.119. The van der Waals surface area contributed by atoms with Gasteiger partial charge in [-0.3, -0.25) is 4.79 Å². The summed E-state index contributed by atoms with van der Waals surface area (Å²) in [5.74, 6) is 1.47. The molecule has 28 heavy (non-hydrogen) atoms. The third-order valence-electron chi connectivity index (χ3n) is 4.38. The van der Waals surface area contributed by atoms with Gasteiger partial charge in [0.1, 0.15) is 5.82 Å². The lowest BCUT2D eigenvalue weighted by atomic mass is 10.2. The Morgan fingerprint density at radius 1 is 1.04 bits per heavy atom. The monoisotopic (exact) mass is 408 g/mol. The van der Waals surface area contributed by atoms with Gasteiger partial charge in [0.15, 0.2) is 5.82 Å². The van der Waals surface area contributed by atoms with Crippen LogP contribution in [0.3, 0.4) is 0 Å². The second-order valence-electron chi connectivity index (χ2n) is 6.24. The highest BCUT2D eigenvalue weighted by atomic mass is 32.1. The minimum Gasteiger partial charge on any atom is -0.350 e. The van der Waals surface area contributed by atoms with Gasteiger partial charge in [0, 0.05) is 16.8 Å². The summed E-state index contributed by atoms with van der Waals surface area (Å²) >= 11 is 3.25. The molecule has 0 unspecified atom stereocenters. The third-order valence-corrected chi connectivity index (χ3v) is 6.12. The van der Waals surface area contributed by atoms with Crippen molar-refractivity contribution in [1.29, 1.82) is 0 Å². The third kappa shape index (κ3) is 4.05. The molecule has 0 aliphatic heterocycles. The highest BCUT2D eigenvalue weighted by Crippen LogP contribution is 2.29. The van der Waals surface area contributed by atoms with Crippen molar-refractivity contribution in [2.45, 2.75) is 13.5 Å². The van der Waals surface area contributed by atoms with Gasteiger partial charge in [0.05, 0.1) is 23.5 Å². The van der Waals surface area contributed by atoms with E-state index < -0.39 is 0 Å². The largest absolute Gasteiger partial charge is 0.350 e. The fourth-order valence-electron chi connectivity index (χ4n) is 2.98. The molecule has 0 saturated carbocycles. The average Bonchev–Trinajstić information content (AvgIpc) is 3.44. The molecule has 0 aliphatic carbocycles. The van der Waals surface area contributed by atoms with Crippen LogP contribution in [0, 0.1) is 0 Å². The van der Waals surface area contributed by atoms with E-state index in [1.165, 1.54) is 0 Å². The van der Waals surface area contributed by atoms with Crippen molar-refractivity contribution in [3.63, 3.8) is 0 Å². The number of nitrogens with one attached hydrogen (secondary N) is 1. The minimum absolute atomic E-state index is 0.0179. The highest BCUT2D eigenvalue weighted by Gasteiger charge is 2.17. The number of hydrogen-bond acceptors (Lipinski definition) is 6. The maximum Gasteiger partial charge on any atom is 0.239 e. The van der Waals surface area contributed by atoms with Crippen molar-refractivity contribution in [2.75, 3.05) is 18.0 Å². The number of rotatable bonds is 7. The van der Waals surface area contributed by atoms with Crippen LogP contribution >= 0.6 is 22.7 Å². The van der Waals surface area contributed by atoms with E-state index in [-0.39, 0.29) is 12.5 Å². The number of benzene rings is 1. The Balaban J connectivity index is 1.62. The van der Waals surface area contributed by atoms with E-state index in [4.69, 9.17) is 9.97 Å². The topological polar surface area (TPSA) is 58.1 Å². The van der Waals surface area contributed by atoms with Gasteiger partial charge in [-0.15, -0.1) is 22.7 Å². The number of hydrogen-bond donors (Lipinski definition) is 1. The minimum atomic E-state index is -0.0179. The number of para-hydroxylation sites is 1. The molecule has 1 N–H and O–H groups in total. The number of nitrogens with zero attached hydrogens (tertiary/aromatic N) is 3. The molecular formula is C21H20N4OS2. The van der Waals surface area contributed by atoms with Gasteiger partial charge in [-0.2, -0.15) is 0 Å². The van der Waals surface area contributed by atoms with Crippen LogP contribution in [0.25, 0.3) is 21.6 Å². The fraction of sp³-hybridized carbons (Fsp3) is 0.190. The Hall–Kier alpha value is -2.77. The molecule has 4 rings (SSSR count). The van der Waals surface area contributed by atoms with Gasteiger partial charge in [-0.1, -0.05) is 24.3 Å². The molecule has 0 bridgehead atoms. The van der Waals surface area contributed by atoms with Crippen molar-refractivity contribution in [1.82, 2.24) is 15.3 Å². The van der Waals surface area contributed by atoms with Crippen LogP contribution in [0.5, 0.6) is 0 Å². The standard InChI is InChI=1S/C21H20N4OS2/c1-2-25(14-19(26)22-13-15-7-5-11-27-15)21-16-8-3-4-9-17(16)23-20(24-21)18-10-6-12-28-18/h3-12H,2,13-14H2,1H3,(H,22,26). The summed E-state index contributed by atoms with van der Waals surface area (Å²) < 4.78 is 0. The number of anilines is 1. The molecular weight excluding hydrogens is 388 g/mol. The van der Waals surface area contributed by atoms with E-state index in [1.54, 1.807) is 22.7 Å². The summed E-state index contributed by atoms with van der Waals surface area (Å²) in [5.41, 5.74) is 0.883. The molecule has 0 saturated heterocycles. The number of likely N-dealkylation sites (N-methyl/N-ethyl adjacent to an activating group) is 1. The van der Waals surface area contributed by atoms with E-state index in [1.807, 2.05) is 71.1 Å². The normalized spacial score (nSPS) is 10.9. The molecule has 4 aromatic rings. The first kappa shape index (κ1) is 18.6. The zero-order chi connectivity index (χ0) is 19.3. The van der Waals surface area contributed by atoms with Crippen molar-refractivity contribution in [2.24, 2.45) is 0 Å². The Labute approximate surface area is 171 Å². The first-order valence-electron chi connectivity index (χ1n) is 9.09. The van der Waals surface area contributed by atoms with Gasteiger partial charge in [-0.25, -0.2) is 9.97 Å². The molecule has 1 aromatic carbocycles. The summed E-state index contributed by atoms with van der Waals surface area (Å²) in [4.78, 5) is 26.2. The molecule has 1 amide bonds. The fourth-order valence-corrected chi connectivity index (χ4v) is 4.28. The Kier molecular flexibility index (Phi) is 5.64. The summed E-state index contributed by atoms with van der Waals surface area (Å²) in [6.45, 7) is 3.53. The molecule has 0 atom stereocenters. The number of aromatic nitrogens is 2. The van der Waals surface area contributed by atoms with Gasteiger partial charge in [-0.05, 0) is 41.9 Å². The molecule has 3 heterocycles. The van der Waals surface area contributed by atoms with Crippen LogP contribution < -0.4 is 10.2 Å². The van der Waals surface area contributed by atoms with E-state index >= 15 is 0 Å². The van der Waals surface area contributed by atoms with Crippen LogP contribution in [-0.4, -0.2) is 29.0 Å². The highest BCUT2D eigenvalue weighted by molar-refractivity contribution is 7.13. The lowest BCUT2D eigenvalue weighted by Gasteiger charge is -2.23. The van der Waals surface area contributed by atoms with Crippen LogP contribution in [-0.2, 0) is 11.3 Å². The van der Waals surface area contributed by atoms with E-state index in [2.05, 4.69) is 5.32 Å². The molecule has 3 aromatic heterocycles. The summed E-state index contributed by atoms with van der Waals surface area (Å²) in [5, 5.41) is 7.98. The molecule has 0 radical (unpaired) electrons. The number of carbonyl (C=O) groups excluding carboxylic acids is 1. The van der Waals surface area contributed by atoms with Crippen molar-refractivity contribution >= 4 is 45.3 Å². The van der Waals surface area contributed by atoms with Crippen LogP contribution in [0.2, 0.25) is 0 Å². The zero-order valence-electron chi connectivity index (χ0n) is 15.5. The number of carbonyl (C=O) groups is 1. The quantitative estimate of drug-likeness (QED) is 0.487. The molecule has 0 fully saturated rings. The van der Waals surface area contributed by atoms with Gasteiger partial charge < -0.3 is 10.2 Å². The van der Waals surface area contributed by atoms with Crippen LogP contribution in [0.1, 0.15) is 11.8 Å². The van der Waals surface area contributed by atoms with Gasteiger partial charge in [0.25, 0.3) is 0 Å². The number of fused-ring (bicyclic) bond motifs is 1. The number of thiophene rings is 2. The summed E-state index contributed by atoms with van der Waals surface area (Å²) in [7, 11) is 0. The first-order valence-corrected chi connectivity index (χ1v) is 10.8. The van der Waals surface area contributed by atoms with Crippen LogP contribution in [0.4, 0.5) is 5.82 Å². The van der Waals surface area contributed by atoms with E-state index in [0.717, 1.165) is 26.5 Å². The predicted octanol–water partition coefficient (Wildman–Crippen LogP) is 4.56. The first-order chi connectivity index (χ1) is 13.7. The van der Waals surface area contributed by atoms with Crippen molar-refractivity contribution in [3.8, 4) is 10.7 Å². The maximum absolute atomic E-state index is 12.5.